The molecule has 0 amide bonds. The molecule has 0 saturated carbocycles. The average molecular weight is 220 g/mol. The summed E-state index contributed by atoms with van der Waals surface area (Å²) in [6.07, 6.45) is 0. The van der Waals surface area contributed by atoms with Gasteiger partial charge in [0.05, 0.1) is 6.61 Å². The first-order chi connectivity index (χ1) is 6.09. The molecule has 4 atom stereocenters. The zero-order valence-corrected chi connectivity index (χ0v) is 10.1. The molecule has 2 aliphatic rings. The molecule has 0 radical (unpaired) electrons. The van der Waals surface area contributed by atoms with Gasteiger partial charge < -0.3 is 4.52 Å². The molecule has 2 heterocycles. The van der Waals surface area contributed by atoms with Crippen molar-refractivity contribution in [2.24, 2.45) is 0 Å². The first-order valence-electron chi connectivity index (χ1n) is 4.88. The molecular formula is C8H17N2OPS. The van der Waals surface area contributed by atoms with Crippen LogP contribution >= 0.6 is 6.57 Å². The molecule has 2 fully saturated rings. The van der Waals surface area contributed by atoms with E-state index in [0.29, 0.717) is 12.1 Å². The lowest BCUT2D eigenvalue weighted by atomic mass is 10.6. The maximum absolute atomic E-state index is 5.80. The Morgan fingerprint density at radius 2 is 1.69 bits per heavy atom. The Balaban J connectivity index is 2.07. The van der Waals surface area contributed by atoms with Crippen molar-refractivity contribution in [3.8, 4) is 0 Å². The zero-order chi connectivity index (χ0) is 9.64. The Labute approximate surface area is 85.2 Å². The van der Waals surface area contributed by atoms with E-state index in [0.717, 1.165) is 19.7 Å². The van der Waals surface area contributed by atoms with Gasteiger partial charge in [0.15, 0.2) is 0 Å². The fraction of sp³-hybridized carbons (Fsp3) is 1.00. The van der Waals surface area contributed by atoms with E-state index in [4.69, 9.17) is 16.3 Å². The predicted molar refractivity (Wildman–Crippen MR) is 58.2 cm³/mol. The van der Waals surface area contributed by atoms with Crippen LogP contribution in [0.15, 0.2) is 0 Å². The van der Waals surface area contributed by atoms with E-state index in [2.05, 4.69) is 23.2 Å². The third kappa shape index (κ3) is 1.71. The third-order valence-electron chi connectivity index (χ3n) is 2.60. The Hall–Kier alpha value is 0.530. The van der Waals surface area contributed by atoms with Crippen LogP contribution < -0.4 is 0 Å². The lowest BCUT2D eigenvalue weighted by Gasteiger charge is -2.24. The van der Waals surface area contributed by atoms with E-state index in [1.807, 2.05) is 6.92 Å². The van der Waals surface area contributed by atoms with Crippen molar-refractivity contribution in [2.45, 2.75) is 32.9 Å². The van der Waals surface area contributed by atoms with Crippen molar-refractivity contribution >= 4 is 18.4 Å². The minimum Gasteiger partial charge on any atom is -0.327 e. The van der Waals surface area contributed by atoms with Crippen LogP contribution in [-0.2, 0) is 16.3 Å². The van der Waals surface area contributed by atoms with Crippen LogP contribution in [-0.4, -0.2) is 41.1 Å². The molecular weight excluding hydrogens is 203 g/mol. The molecule has 0 aromatic rings. The summed E-state index contributed by atoms with van der Waals surface area (Å²) in [6.45, 7) is 7.70. The van der Waals surface area contributed by atoms with Gasteiger partial charge in [0.1, 0.15) is 0 Å². The van der Waals surface area contributed by atoms with Gasteiger partial charge in [0.25, 0.3) is 0 Å². The molecule has 0 spiro atoms. The van der Waals surface area contributed by atoms with Crippen molar-refractivity contribution in [2.75, 3.05) is 19.7 Å². The van der Waals surface area contributed by atoms with Crippen LogP contribution in [0.5, 0.6) is 0 Å². The Morgan fingerprint density at radius 1 is 1.31 bits per heavy atom. The summed E-state index contributed by atoms with van der Waals surface area (Å²) >= 11 is 5.67. The minimum atomic E-state index is -1.75. The Morgan fingerprint density at radius 3 is 1.92 bits per heavy atom. The third-order valence-corrected chi connectivity index (χ3v) is 7.18. The summed E-state index contributed by atoms with van der Waals surface area (Å²) in [4.78, 5) is 0. The zero-order valence-electron chi connectivity index (χ0n) is 8.43. The first-order valence-corrected chi connectivity index (χ1v) is 7.51. The number of hydrogen-bond donors (Lipinski definition) is 0. The van der Waals surface area contributed by atoms with Gasteiger partial charge in [-0.3, -0.25) is 0 Å². The van der Waals surface area contributed by atoms with Gasteiger partial charge in [-0.1, -0.05) is 0 Å². The summed E-state index contributed by atoms with van der Waals surface area (Å²) in [5.74, 6) is 0. The van der Waals surface area contributed by atoms with Crippen LogP contribution in [0.4, 0.5) is 0 Å². The molecule has 4 unspecified atom stereocenters. The first kappa shape index (κ1) is 10.1. The highest BCUT2D eigenvalue weighted by molar-refractivity contribution is 8.10. The van der Waals surface area contributed by atoms with Crippen molar-refractivity contribution < 1.29 is 4.52 Å². The monoisotopic (exact) mass is 220 g/mol. The second-order valence-electron chi connectivity index (χ2n) is 3.85. The lowest BCUT2D eigenvalue weighted by molar-refractivity contribution is 0.336. The molecule has 5 heteroatoms. The number of hydrogen-bond acceptors (Lipinski definition) is 2. The van der Waals surface area contributed by atoms with Gasteiger partial charge in [0, 0.05) is 25.2 Å². The maximum Gasteiger partial charge on any atom is 0.204 e. The summed E-state index contributed by atoms with van der Waals surface area (Å²) in [5.41, 5.74) is 0. The highest BCUT2D eigenvalue weighted by Gasteiger charge is 2.52. The minimum absolute atomic E-state index is 0.644. The summed E-state index contributed by atoms with van der Waals surface area (Å²) < 4.78 is 10.5. The fourth-order valence-corrected chi connectivity index (χ4v) is 6.11. The number of rotatable bonds is 4. The Bertz CT molecular complexity index is 241. The molecule has 0 N–H and O–H groups in total. The SMILES string of the molecule is CCOP(=S)(N1CC1C)N1CC1C. The van der Waals surface area contributed by atoms with Gasteiger partial charge >= 0.3 is 0 Å². The molecule has 3 nitrogen and oxygen atoms in total. The van der Waals surface area contributed by atoms with E-state index in [-0.39, 0.29) is 0 Å². The highest BCUT2D eigenvalue weighted by Crippen LogP contribution is 2.65. The van der Waals surface area contributed by atoms with Crippen molar-refractivity contribution in [3.63, 3.8) is 0 Å². The average Bonchev–Trinajstić information content (AvgIpc) is 2.90. The van der Waals surface area contributed by atoms with Gasteiger partial charge in [0.2, 0.25) is 6.57 Å². The van der Waals surface area contributed by atoms with Gasteiger partial charge in [-0.2, -0.15) is 0 Å². The molecule has 2 rings (SSSR count). The topological polar surface area (TPSA) is 15.2 Å². The second-order valence-corrected chi connectivity index (χ2v) is 7.54. The predicted octanol–water partition coefficient (Wildman–Crippen LogP) is 1.66. The maximum atomic E-state index is 5.80. The van der Waals surface area contributed by atoms with E-state index in [1.54, 1.807) is 0 Å². The van der Waals surface area contributed by atoms with Crippen LogP contribution in [0.1, 0.15) is 20.8 Å². The lowest BCUT2D eigenvalue weighted by Crippen LogP contribution is -2.10. The van der Waals surface area contributed by atoms with E-state index < -0.39 is 6.57 Å². The second kappa shape index (κ2) is 3.28. The molecule has 2 saturated heterocycles. The molecule has 0 aromatic heterocycles. The van der Waals surface area contributed by atoms with Crippen molar-refractivity contribution in [1.82, 2.24) is 9.34 Å². The van der Waals surface area contributed by atoms with Crippen LogP contribution in [0.3, 0.4) is 0 Å². The molecule has 0 aliphatic carbocycles. The van der Waals surface area contributed by atoms with E-state index >= 15 is 0 Å². The van der Waals surface area contributed by atoms with Crippen molar-refractivity contribution in [3.05, 3.63) is 0 Å². The molecule has 0 aromatic carbocycles. The molecule has 76 valence electrons. The number of nitrogens with zero attached hydrogens (tertiary/aromatic N) is 2. The smallest absolute Gasteiger partial charge is 0.204 e. The van der Waals surface area contributed by atoms with Gasteiger partial charge in [-0.15, -0.1) is 0 Å². The standard InChI is InChI=1S/C8H17N2OPS/c1-4-11-12(13,9-5-7(9)2)10-6-8(10)3/h7-8H,4-6H2,1-3H3. The van der Waals surface area contributed by atoms with Crippen LogP contribution in [0.2, 0.25) is 0 Å². The molecule has 2 aliphatic heterocycles. The Kier molecular flexibility index (Phi) is 2.54. The summed E-state index contributed by atoms with van der Waals surface area (Å²) in [6, 6.07) is 1.29. The van der Waals surface area contributed by atoms with E-state index in [9.17, 15) is 0 Å². The molecule has 13 heavy (non-hydrogen) atoms. The summed E-state index contributed by atoms with van der Waals surface area (Å²) in [7, 11) is 0. The van der Waals surface area contributed by atoms with Crippen molar-refractivity contribution in [1.29, 1.82) is 0 Å². The largest absolute Gasteiger partial charge is 0.327 e. The highest BCUT2D eigenvalue weighted by atomic mass is 32.5. The van der Waals surface area contributed by atoms with Gasteiger partial charge in [-0.25, -0.2) is 9.34 Å². The van der Waals surface area contributed by atoms with Gasteiger partial charge in [-0.05, 0) is 32.6 Å². The summed E-state index contributed by atoms with van der Waals surface area (Å²) in [5, 5.41) is 0. The fourth-order valence-electron chi connectivity index (χ4n) is 1.62. The van der Waals surface area contributed by atoms with Crippen LogP contribution in [0.25, 0.3) is 0 Å². The van der Waals surface area contributed by atoms with E-state index in [1.165, 1.54) is 0 Å². The van der Waals surface area contributed by atoms with Crippen LogP contribution in [0, 0.1) is 0 Å². The normalized spacial score (nSPS) is 47.0. The quantitative estimate of drug-likeness (QED) is 0.528. The molecule has 0 bridgehead atoms.